The molecular formula is C11H9IN2O. The number of hydrogen-bond donors (Lipinski definition) is 0. The molecule has 1 heterocycles. The van der Waals surface area contributed by atoms with Crippen LogP contribution in [0, 0.1) is 3.57 Å². The third kappa shape index (κ3) is 2.09. The van der Waals surface area contributed by atoms with Crippen molar-refractivity contribution in [2.75, 3.05) is 0 Å². The molecule has 0 bridgehead atoms. The quantitative estimate of drug-likeness (QED) is 0.631. The minimum atomic E-state index is 0.464. The van der Waals surface area contributed by atoms with Crippen LogP contribution in [0.5, 0.6) is 0 Å². The number of carbonyl (C=O) groups excluding carboxylic acids is 1. The summed E-state index contributed by atoms with van der Waals surface area (Å²) in [6.07, 6.45) is 2.48. The van der Waals surface area contributed by atoms with Crippen molar-refractivity contribution in [3.8, 4) is 11.4 Å². The van der Waals surface area contributed by atoms with Gasteiger partial charge in [-0.3, -0.25) is 4.79 Å². The van der Waals surface area contributed by atoms with Crippen LogP contribution in [0.1, 0.15) is 10.5 Å². The normalized spacial score (nSPS) is 10.3. The molecule has 1 aromatic carbocycles. The predicted molar refractivity (Wildman–Crippen MR) is 66.7 cm³/mol. The summed E-state index contributed by atoms with van der Waals surface area (Å²) in [6.45, 7) is 0. The van der Waals surface area contributed by atoms with Crippen molar-refractivity contribution in [1.82, 2.24) is 9.55 Å². The zero-order valence-electron chi connectivity index (χ0n) is 8.14. The van der Waals surface area contributed by atoms with Crippen LogP contribution < -0.4 is 0 Å². The molecule has 0 unspecified atom stereocenters. The van der Waals surface area contributed by atoms with E-state index in [1.165, 1.54) is 3.57 Å². The lowest BCUT2D eigenvalue weighted by molar-refractivity contribution is 0.111. The van der Waals surface area contributed by atoms with Crippen molar-refractivity contribution in [1.29, 1.82) is 0 Å². The molecule has 2 rings (SSSR count). The van der Waals surface area contributed by atoms with Crippen LogP contribution in [-0.2, 0) is 7.05 Å². The van der Waals surface area contributed by atoms with E-state index in [-0.39, 0.29) is 0 Å². The smallest absolute Gasteiger partial charge is 0.170 e. The number of benzene rings is 1. The van der Waals surface area contributed by atoms with Gasteiger partial charge >= 0.3 is 0 Å². The van der Waals surface area contributed by atoms with Crippen molar-refractivity contribution in [3.05, 3.63) is 39.7 Å². The molecular weight excluding hydrogens is 303 g/mol. The van der Waals surface area contributed by atoms with Gasteiger partial charge < -0.3 is 4.57 Å². The van der Waals surface area contributed by atoms with Gasteiger partial charge in [0.2, 0.25) is 0 Å². The SMILES string of the molecule is Cn1cc(C=O)nc1-c1ccc(I)cc1. The van der Waals surface area contributed by atoms with E-state index in [1.54, 1.807) is 6.20 Å². The van der Waals surface area contributed by atoms with Crippen LogP contribution in [0.3, 0.4) is 0 Å². The lowest BCUT2D eigenvalue weighted by atomic mass is 10.2. The van der Waals surface area contributed by atoms with E-state index >= 15 is 0 Å². The largest absolute Gasteiger partial charge is 0.333 e. The molecule has 0 aliphatic carbocycles. The molecule has 0 spiro atoms. The molecule has 4 heteroatoms. The van der Waals surface area contributed by atoms with Crippen molar-refractivity contribution >= 4 is 28.9 Å². The summed E-state index contributed by atoms with van der Waals surface area (Å²) in [5, 5.41) is 0. The lowest BCUT2D eigenvalue weighted by Gasteiger charge is -2.00. The molecule has 0 aliphatic rings. The lowest BCUT2D eigenvalue weighted by Crippen LogP contribution is -1.90. The van der Waals surface area contributed by atoms with Gasteiger partial charge in [0, 0.05) is 22.4 Å². The first kappa shape index (κ1) is 10.4. The number of hydrogen-bond acceptors (Lipinski definition) is 2. The number of rotatable bonds is 2. The highest BCUT2D eigenvalue weighted by Gasteiger charge is 2.06. The van der Waals surface area contributed by atoms with Crippen molar-refractivity contribution in [3.63, 3.8) is 0 Å². The standard InChI is InChI=1S/C11H9IN2O/c1-14-6-10(7-15)13-11(14)8-2-4-9(12)5-3-8/h2-7H,1H3. The van der Waals surface area contributed by atoms with E-state index in [1.807, 2.05) is 35.9 Å². The Morgan fingerprint density at radius 1 is 1.33 bits per heavy atom. The number of imidazole rings is 1. The Kier molecular flexibility index (Phi) is 2.86. The summed E-state index contributed by atoms with van der Waals surface area (Å²) in [5.74, 6) is 0.813. The van der Waals surface area contributed by atoms with Gasteiger partial charge in [-0.2, -0.15) is 0 Å². The summed E-state index contributed by atoms with van der Waals surface area (Å²) in [7, 11) is 1.88. The third-order valence-electron chi connectivity index (χ3n) is 2.12. The van der Waals surface area contributed by atoms with Crippen LogP contribution in [-0.4, -0.2) is 15.8 Å². The van der Waals surface area contributed by atoms with Gasteiger partial charge in [0.05, 0.1) is 0 Å². The molecule has 1 aromatic heterocycles. The summed E-state index contributed by atoms with van der Waals surface area (Å²) >= 11 is 2.25. The van der Waals surface area contributed by atoms with E-state index in [0.717, 1.165) is 17.7 Å². The molecule has 0 saturated carbocycles. The zero-order valence-corrected chi connectivity index (χ0v) is 10.3. The Hall–Kier alpha value is -1.17. The van der Waals surface area contributed by atoms with Gasteiger partial charge in [0.1, 0.15) is 11.5 Å². The summed E-state index contributed by atoms with van der Waals surface area (Å²) in [4.78, 5) is 14.8. The second kappa shape index (κ2) is 4.14. The van der Waals surface area contributed by atoms with Crippen molar-refractivity contribution in [2.24, 2.45) is 7.05 Å². The molecule has 0 aliphatic heterocycles. The average molecular weight is 312 g/mol. The van der Waals surface area contributed by atoms with Gasteiger partial charge in [-0.05, 0) is 34.7 Å². The average Bonchev–Trinajstić information content (AvgIpc) is 2.61. The number of nitrogens with zero attached hydrogens (tertiary/aromatic N) is 2. The molecule has 0 N–H and O–H groups in total. The molecule has 15 heavy (non-hydrogen) atoms. The summed E-state index contributed by atoms with van der Waals surface area (Å²) < 4.78 is 3.03. The highest BCUT2D eigenvalue weighted by atomic mass is 127. The van der Waals surface area contributed by atoms with Crippen LogP contribution >= 0.6 is 22.6 Å². The Bertz CT molecular complexity index is 488. The maximum atomic E-state index is 10.6. The highest BCUT2D eigenvalue weighted by molar-refractivity contribution is 14.1. The molecule has 3 nitrogen and oxygen atoms in total. The van der Waals surface area contributed by atoms with Crippen LogP contribution in [0.15, 0.2) is 30.5 Å². The Labute approximate surface area is 101 Å². The second-order valence-corrected chi connectivity index (χ2v) is 4.47. The highest BCUT2D eigenvalue weighted by Crippen LogP contribution is 2.18. The second-order valence-electron chi connectivity index (χ2n) is 3.23. The third-order valence-corrected chi connectivity index (χ3v) is 2.84. The first-order chi connectivity index (χ1) is 7.20. The van der Waals surface area contributed by atoms with E-state index in [9.17, 15) is 4.79 Å². The fourth-order valence-corrected chi connectivity index (χ4v) is 1.77. The summed E-state index contributed by atoms with van der Waals surface area (Å²) in [6, 6.07) is 8.04. The van der Waals surface area contributed by atoms with E-state index in [2.05, 4.69) is 27.6 Å². The maximum absolute atomic E-state index is 10.6. The topological polar surface area (TPSA) is 34.9 Å². The fraction of sp³-hybridized carbons (Fsp3) is 0.0909. The van der Waals surface area contributed by atoms with Crippen LogP contribution in [0.25, 0.3) is 11.4 Å². The van der Waals surface area contributed by atoms with Gasteiger partial charge in [-0.15, -0.1) is 0 Å². The molecule has 0 amide bonds. The maximum Gasteiger partial charge on any atom is 0.170 e. The first-order valence-electron chi connectivity index (χ1n) is 4.45. The van der Waals surface area contributed by atoms with Crippen LogP contribution in [0.4, 0.5) is 0 Å². The molecule has 0 saturated heterocycles. The van der Waals surface area contributed by atoms with Crippen molar-refractivity contribution in [2.45, 2.75) is 0 Å². The van der Waals surface area contributed by atoms with Gasteiger partial charge in [0.15, 0.2) is 6.29 Å². The Morgan fingerprint density at radius 2 is 2.00 bits per heavy atom. The molecule has 76 valence electrons. The van der Waals surface area contributed by atoms with Gasteiger partial charge in [-0.25, -0.2) is 4.98 Å². The fourth-order valence-electron chi connectivity index (χ4n) is 1.41. The Balaban J connectivity index is 2.48. The van der Waals surface area contributed by atoms with E-state index in [0.29, 0.717) is 5.69 Å². The number of aldehydes is 1. The molecule has 0 atom stereocenters. The van der Waals surface area contributed by atoms with E-state index < -0.39 is 0 Å². The van der Waals surface area contributed by atoms with Gasteiger partial charge in [-0.1, -0.05) is 12.1 Å². The zero-order chi connectivity index (χ0) is 10.8. The first-order valence-corrected chi connectivity index (χ1v) is 5.53. The minimum absolute atomic E-state index is 0.464. The minimum Gasteiger partial charge on any atom is -0.333 e. The van der Waals surface area contributed by atoms with Crippen molar-refractivity contribution < 1.29 is 4.79 Å². The predicted octanol–water partition coefficient (Wildman–Crippen LogP) is 2.50. The van der Waals surface area contributed by atoms with E-state index in [4.69, 9.17) is 0 Å². The molecule has 2 aromatic rings. The number of aryl methyl sites for hydroxylation is 1. The number of halogens is 1. The van der Waals surface area contributed by atoms with Gasteiger partial charge in [0.25, 0.3) is 0 Å². The van der Waals surface area contributed by atoms with Crippen LogP contribution in [0.2, 0.25) is 0 Å². The molecule has 0 fully saturated rings. The monoisotopic (exact) mass is 312 g/mol. The molecule has 0 radical (unpaired) electrons. The Morgan fingerprint density at radius 3 is 2.53 bits per heavy atom. The summed E-state index contributed by atoms with van der Waals surface area (Å²) in [5.41, 5.74) is 1.48. The number of carbonyl (C=O) groups is 1. The number of aromatic nitrogens is 2.